The zero-order valence-corrected chi connectivity index (χ0v) is 17.5. The van der Waals surface area contributed by atoms with Crippen LogP contribution in [0.2, 0.25) is 0 Å². The van der Waals surface area contributed by atoms with Crippen LogP contribution in [0.15, 0.2) is 47.4 Å². The van der Waals surface area contributed by atoms with Gasteiger partial charge < -0.3 is 14.8 Å². The maximum atomic E-state index is 12.5. The first kappa shape index (κ1) is 22.9. The van der Waals surface area contributed by atoms with Gasteiger partial charge >= 0.3 is 11.9 Å². The van der Waals surface area contributed by atoms with Crippen molar-refractivity contribution in [1.29, 1.82) is 0 Å². The predicted octanol–water partition coefficient (Wildman–Crippen LogP) is 1.55. The molecule has 160 valence electrons. The Morgan fingerprint density at radius 1 is 0.967 bits per heavy atom. The molecule has 0 aliphatic carbocycles. The summed E-state index contributed by atoms with van der Waals surface area (Å²) in [5.41, 5.74) is 2.23. The lowest BCUT2D eigenvalue weighted by Gasteiger charge is -2.10. The van der Waals surface area contributed by atoms with E-state index in [9.17, 15) is 22.8 Å². The van der Waals surface area contributed by atoms with Gasteiger partial charge in [-0.1, -0.05) is 6.07 Å². The Bertz CT molecular complexity index is 1050. The second-order valence-electron chi connectivity index (χ2n) is 6.36. The highest BCUT2D eigenvalue weighted by atomic mass is 32.2. The van der Waals surface area contributed by atoms with Crippen LogP contribution in [-0.2, 0) is 29.1 Å². The molecule has 0 saturated carbocycles. The number of sulfonamides is 1. The number of esters is 2. The third-order valence-corrected chi connectivity index (χ3v) is 5.53. The number of nitrogens with one attached hydrogen (secondary N) is 2. The zero-order chi connectivity index (χ0) is 22.3. The van der Waals surface area contributed by atoms with Gasteiger partial charge in [-0.3, -0.25) is 14.3 Å². The van der Waals surface area contributed by atoms with E-state index in [2.05, 4.69) is 14.8 Å². The second-order valence-corrected chi connectivity index (χ2v) is 8.04. The molecule has 2 aromatic rings. The molecule has 0 atom stereocenters. The van der Waals surface area contributed by atoms with Crippen LogP contribution in [0.25, 0.3) is 0 Å². The fourth-order valence-electron chi connectivity index (χ4n) is 2.28. The molecule has 0 aliphatic rings. The maximum absolute atomic E-state index is 12.5. The number of methoxy groups -OCH3 is 1. The molecule has 9 nitrogen and oxygen atoms in total. The number of rotatable bonds is 8. The van der Waals surface area contributed by atoms with Crippen molar-refractivity contribution in [3.63, 3.8) is 0 Å². The first-order valence-corrected chi connectivity index (χ1v) is 10.3. The average Bonchev–Trinajstić information content (AvgIpc) is 2.72. The van der Waals surface area contributed by atoms with Crippen LogP contribution >= 0.6 is 0 Å². The van der Waals surface area contributed by atoms with Gasteiger partial charge in [0.2, 0.25) is 0 Å². The molecule has 0 heterocycles. The van der Waals surface area contributed by atoms with Crippen LogP contribution in [0.3, 0.4) is 0 Å². The standard InChI is InChI=1S/C20H22N2O7S/c1-13-4-9-17(10-14(13)2)30(26,27)22-16-7-5-15(6-8-16)20(25)29-12-18(23)21-11-19(24)28-3/h4-10,22H,11-12H2,1-3H3,(H,21,23). The van der Waals surface area contributed by atoms with E-state index in [4.69, 9.17) is 4.74 Å². The van der Waals surface area contributed by atoms with E-state index in [1.54, 1.807) is 12.1 Å². The number of anilines is 1. The Morgan fingerprint density at radius 2 is 1.63 bits per heavy atom. The number of carbonyl (C=O) groups is 3. The van der Waals surface area contributed by atoms with E-state index in [1.807, 2.05) is 13.8 Å². The summed E-state index contributed by atoms with van der Waals surface area (Å²) in [7, 11) is -2.60. The number of aryl methyl sites for hydroxylation is 2. The Balaban J connectivity index is 1.95. The van der Waals surface area contributed by atoms with Gasteiger partial charge in [-0.15, -0.1) is 0 Å². The molecule has 0 bridgehead atoms. The van der Waals surface area contributed by atoms with Crippen molar-refractivity contribution in [2.45, 2.75) is 18.7 Å². The summed E-state index contributed by atoms with van der Waals surface area (Å²) < 4.78 is 36.7. The van der Waals surface area contributed by atoms with Crippen molar-refractivity contribution >= 4 is 33.6 Å². The molecule has 30 heavy (non-hydrogen) atoms. The SMILES string of the molecule is COC(=O)CNC(=O)COC(=O)c1ccc(NS(=O)(=O)c2ccc(C)c(C)c2)cc1. The highest BCUT2D eigenvalue weighted by Gasteiger charge is 2.16. The van der Waals surface area contributed by atoms with Crippen molar-refractivity contribution in [2.75, 3.05) is 25.0 Å². The Kier molecular flexibility index (Phi) is 7.54. The Hall–Kier alpha value is -3.40. The van der Waals surface area contributed by atoms with E-state index < -0.39 is 34.5 Å². The average molecular weight is 434 g/mol. The van der Waals surface area contributed by atoms with Crippen molar-refractivity contribution in [1.82, 2.24) is 5.32 Å². The van der Waals surface area contributed by atoms with E-state index in [0.717, 1.165) is 11.1 Å². The predicted molar refractivity (Wildman–Crippen MR) is 108 cm³/mol. The zero-order valence-electron chi connectivity index (χ0n) is 16.7. The number of amides is 1. The quantitative estimate of drug-likeness (QED) is 0.603. The first-order chi connectivity index (χ1) is 14.1. The van der Waals surface area contributed by atoms with E-state index in [0.29, 0.717) is 0 Å². The normalized spacial score (nSPS) is 10.8. The molecular formula is C20H22N2O7S. The van der Waals surface area contributed by atoms with Crippen molar-refractivity contribution < 1.29 is 32.3 Å². The van der Waals surface area contributed by atoms with E-state index >= 15 is 0 Å². The lowest BCUT2D eigenvalue weighted by atomic mass is 10.1. The van der Waals surface area contributed by atoms with Gasteiger partial charge in [0.05, 0.1) is 17.6 Å². The Morgan fingerprint density at radius 3 is 2.23 bits per heavy atom. The van der Waals surface area contributed by atoms with Crippen LogP contribution in [0.5, 0.6) is 0 Å². The van der Waals surface area contributed by atoms with Crippen LogP contribution in [0, 0.1) is 13.8 Å². The van der Waals surface area contributed by atoms with Gasteiger partial charge in [-0.2, -0.15) is 0 Å². The highest BCUT2D eigenvalue weighted by molar-refractivity contribution is 7.92. The molecule has 0 aliphatic heterocycles. The molecule has 10 heteroatoms. The lowest BCUT2D eigenvalue weighted by molar-refractivity contribution is -0.141. The van der Waals surface area contributed by atoms with Crippen molar-refractivity contribution in [3.8, 4) is 0 Å². The number of carbonyl (C=O) groups excluding carboxylic acids is 3. The van der Waals surface area contributed by atoms with Crippen LogP contribution in [0.4, 0.5) is 5.69 Å². The van der Waals surface area contributed by atoms with Gasteiger partial charge in [0.15, 0.2) is 6.61 Å². The fraction of sp³-hybridized carbons (Fsp3) is 0.250. The maximum Gasteiger partial charge on any atom is 0.338 e. The van der Waals surface area contributed by atoms with Crippen molar-refractivity contribution in [3.05, 3.63) is 59.2 Å². The third-order valence-electron chi connectivity index (χ3n) is 4.15. The largest absolute Gasteiger partial charge is 0.468 e. The topological polar surface area (TPSA) is 128 Å². The van der Waals surface area contributed by atoms with Gasteiger partial charge in [0.1, 0.15) is 6.54 Å². The Labute approximate surface area is 174 Å². The summed E-state index contributed by atoms with van der Waals surface area (Å²) in [5, 5.41) is 2.23. The molecule has 2 rings (SSSR count). The van der Waals surface area contributed by atoms with Gasteiger partial charge in [0, 0.05) is 5.69 Å². The molecule has 0 aromatic heterocycles. The molecule has 1 amide bonds. The summed E-state index contributed by atoms with van der Waals surface area (Å²) in [6, 6.07) is 10.4. The van der Waals surface area contributed by atoms with E-state index in [1.165, 1.54) is 37.4 Å². The minimum atomic E-state index is -3.78. The van der Waals surface area contributed by atoms with Crippen LogP contribution in [0.1, 0.15) is 21.5 Å². The molecular weight excluding hydrogens is 412 g/mol. The summed E-state index contributed by atoms with van der Waals surface area (Å²) >= 11 is 0. The minimum Gasteiger partial charge on any atom is -0.468 e. The summed E-state index contributed by atoms with van der Waals surface area (Å²) in [4.78, 5) is 34.6. The summed E-state index contributed by atoms with van der Waals surface area (Å²) in [6.45, 7) is 2.81. The molecule has 0 spiro atoms. The summed E-state index contributed by atoms with van der Waals surface area (Å²) in [5.74, 6) is -2.06. The molecule has 2 aromatic carbocycles. The second kappa shape index (κ2) is 9.88. The smallest absolute Gasteiger partial charge is 0.338 e. The van der Waals surface area contributed by atoms with E-state index in [-0.39, 0.29) is 22.7 Å². The lowest BCUT2D eigenvalue weighted by Crippen LogP contribution is -2.33. The fourth-order valence-corrected chi connectivity index (χ4v) is 3.42. The van der Waals surface area contributed by atoms with Gasteiger partial charge in [0.25, 0.3) is 15.9 Å². The molecule has 0 fully saturated rings. The third kappa shape index (κ3) is 6.31. The molecule has 0 saturated heterocycles. The monoisotopic (exact) mass is 434 g/mol. The van der Waals surface area contributed by atoms with Crippen LogP contribution < -0.4 is 10.0 Å². The molecule has 2 N–H and O–H groups in total. The number of hydrogen-bond acceptors (Lipinski definition) is 7. The van der Waals surface area contributed by atoms with Crippen LogP contribution in [-0.4, -0.2) is 46.5 Å². The van der Waals surface area contributed by atoms with Gasteiger partial charge in [-0.05, 0) is 61.4 Å². The first-order valence-electron chi connectivity index (χ1n) is 8.83. The number of hydrogen-bond donors (Lipinski definition) is 2. The number of benzene rings is 2. The van der Waals surface area contributed by atoms with Gasteiger partial charge in [-0.25, -0.2) is 13.2 Å². The molecule has 0 unspecified atom stereocenters. The van der Waals surface area contributed by atoms with Crippen molar-refractivity contribution in [2.24, 2.45) is 0 Å². The minimum absolute atomic E-state index is 0.130. The summed E-state index contributed by atoms with van der Waals surface area (Å²) in [6.07, 6.45) is 0. The number of ether oxygens (including phenoxy) is 2. The molecule has 0 radical (unpaired) electrons. The highest BCUT2D eigenvalue weighted by Crippen LogP contribution is 2.19.